The lowest BCUT2D eigenvalue weighted by Gasteiger charge is -2.25. The minimum Gasteiger partial charge on any atom is -0.378 e. The van der Waals surface area contributed by atoms with Gasteiger partial charge in [0.1, 0.15) is 5.82 Å². The zero-order valence-electron chi connectivity index (χ0n) is 13.7. The van der Waals surface area contributed by atoms with Crippen molar-refractivity contribution in [2.75, 3.05) is 35.9 Å². The molecule has 0 amide bonds. The highest BCUT2D eigenvalue weighted by molar-refractivity contribution is 7.92. The van der Waals surface area contributed by atoms with Crippen molar-refractivity contribution < 1.29 is 17.5 Å². The first-order chi connectivity index (χ1) is 12.5. The van der Waals surface area contributed by atoms with E-state index >= 15 is 0 Å². The van der Waals surface area contributed by atoms with Crippen LogP contribution in [0.2, 0.25) is 0 Å². The van der Waals surface area contributed by atoms with Crippen LogP contribution in [0.25, 0.3) is 10.2 Å². The number of fused-ring (bicyclic) bond motifs is 1. The Bertz CT molecular complexity index is 1050. The molecule has 0 aliphatic carbocycles. The fourth-order valence-corrected chi connectivity index (χ4v) is 4.85. The van der Waals surface area contributed by atoms with E-state index in [4.69, 9.17) is 4.74 Å². The van der Waals surface area contributed by atoms with Crippen molar-refractivity contribution in [3.05, 3.63) is 48.3 Å². The molecule has 0 radical (unpaired) electrons. The molecule has 0 unspecified atom stereocenters. The van der Waals surface area contributed by atoms with Crippen molar-refractivity contribution in [2.45, 2.75) is 4.90 Å². The molecule has 26 heavy (non-hydrogen) atoms. The van der Waals surface area contributed by atoms with Crippen molar-refractivity contribution in [3.8, 4) is 0 Å². The second-order valence-corrected chi connectivity index (χ2v) is 8.53. The molecule has 1 aliphatic rings. The monoisotopic (exact) mass is 393 g/mol. The van der Waals surface area contributed by atoms with Crippen LogP contribution in [0.5, 0.6) is 0 Å². The normalized spacial score (nSPS) is 15.3. The summed E-state index contributed by atoms with van der Waals surface area (Å²) in [5.41, 5.74) is 1.23. The minimum atomic E-state index is -3.85. The number of anilines is 2. The average Bonchev–Trinajstić information content (AvgIpc) is 3.05. The largest absolute Gasteiger partial charge is 0.378 e. The summed E-state index contributed by atoms with van der Waals surface area (Å²) in [5, 5.41) is 0.897. The fourth-order valence-electron chi connectivity index (χ4n) is 2.71. The molecule has 3 aromatic rings. The summed E-state index contributed by atoms with van der Waals surface area (Å²) in [6.07, 6.45) is 0. The molecule has 1 aromatic heterocycles. The Morgan fingerprint density at radius 2 is 1.96 bits per heavy atom. The van der Waals surface area contributed by atoms with Crippen LogP contribution in [-0.2, 0) is 14.8 Å². The van der Waals surface area contributed by atoms with E-state index in [0.717, 1.165) is 34.5 Å². The summed E-state index contributed by atoms with van der Waals surface area (Å²) in [6.45, 7) is 2.93. The Hall–Kier alpha value is -2.23. The number of nitrogens with one attached hydrogen (secondary N) is 1. The molecule has 0 spiro atoms. The molecule has 4 rings (SSSR count). The van der Waals surface area contributed by atoms with Crippen LogP contribution >= 0.6 is 11.3 Å². The number of ether oxygens (including phenoxy) is 1. The molecule has 1 fully saturated rings. The molecule has 2 aromatic carbocycles. The topological polar surface area (TPSA) is 71.5 Å². The molecule has 136 valence electrons. The Labute approximate surface area is 154 Å². The zero-order valence-corrected chi connectivity index (χ0v) is 15.3. The van der Waals surface area contributed by atoms with Gasteiger partial charge in [-0.05, 0) is 36.4 Å². The van der Waals surface area contributed by atoms with Gasteiger partial charge < -0.3 is 9.64 Å². The van der Waals surface area contributed by atoms with Gasteiger partial charge in [0.05, 0.1) is 34.0 Å². The lowest BCUT2D eigenvalue weighted by atomic mass is 10.3. The van der Waals surface area contributed by atoms with E-state index < -0.39 is 15.8 Å². The second kappa shape index (κ2) is 6.82. The van der Waals surface area contributed by atoms with Crippen molar-refractivity contribution in [1.82, 2.24) is 4.98 Å². The fraction of sp³-hybridized carbons (Fsp3) is 0.235. The maximum atomic E-state index is 13.3. The standard InChI is InChI=1S/C17H16FN3O3S2/c18-12-2-1-3-14(10-12)26(22,23)20-13-4-5-15-16(11-13)25-17(19-15)21-6-8-24-9-7-21/h1-5,10-11,20H,6-9H2. The molecule has 0 saturated carbocycles. The Balaban J connectivity index is 1.61. The molecule has 0 bridgehead atoms. The van der Waals surface area contributed by atoms with E-state index in [0.29, 0.717) is 18.9 Å². The molecule has 9 heteroatoms. The van der Waals surface area contributed by atoms with Gasteiger partial charge in [0, 0.05) is 13.1 Å². The van der Waals surface area contributed by atoms with Gasteiger partial charge in [0.15, 0.2) is 5.13 Å². The van der Waals surface area contributed by atoms with Crippen molar-refractivity contribution in [1.29, 1.82) is 0 Å². The van der Waals surface area contributed by atoms with Crippen molar-refractivity contribution in [3.63, 3.8) is 0 Å². The maximum absolute atomic E-state index is 13.3. The first-order valence-electron chi connectivity index (χ1n) is 8.03. The van der Waals surface area contributed by atoms with Gasteiger partial charge in [-0.15, -0.1) is 0 Å². The van der Waals surface area contributed by atoms with Gasteiger partial charge in [-0.3, -0.25) is 4.72 Å². The molecule has 2 heterocycles. The smallest absolute Gasteiger partial charge is 0.261 e. The van der Waals surface area contributed by atoms with Gasteiger partial charge in [-0.1, -0.05) is 17.4 Å². The summed E-state index contributed by atoms with van der Waals surface area (Å²) in [6, 6.07) is 10.1. The maximum Gasteiger partial charge on any atom is 0.261 e. The lowest BCUT2D eigenvalue weighted by Crippen LogP contribution is -2.36. The van der Waals surface area contributed by atoms with Crippen molar-refractivity contribution in [2.24, 2.45) is 0 Å². The van der Waals surface area contributed by atoms with E-state index in [-0.39, 0.29) is 4.90 Å². The number of thiazole rings is 1. The molecule has 0 atom stereocenters. The quantitative estimate of drug-likeness (QED) is 0.738. The van der Waals surface area contributed by atoms with E-state index in [9.17, 15) is 12.8 Å². The Kier molecular flexibility index (Phi) is 4.51. The van der Waals surface area contributed by atoms with Crippen LogP contribution in [-0.4, -0.2) is 39.7 Å². The van der Waals surface area contributed by atoms with Gasteiger partial charge in [-0.25, -0.2) is 17.8 Å². The highest BCUT2D eigenvalue weighted by Gasteiger charge is 2.18. The van der Waals surface area contributed by atoms with Crippen LogP contribution in [0.15, 0.2) is 47.4 Å². The van der Waals surface area contributed by atoms with Gasteiger partial charge in [-0.2, -0.15) is 0 Å². The van der Waals surface area contributed by atoms with E-state index in [1.165, 1.54) is 29.5 Å². The van der Waals surface area contributed by atoms with Gasteiger partial charge >= 0.3 is 0 Å². The lowest BCUT2D eigenvalue weighted by molar-refractivity contribution is 0.122. The predicted molar refractivity (Wildman–Crippen MR) is 99.9 cm³/mol. The molecular weight excluding hydrogens is 377 g/mol. The first-order valence-corrected chi connectivity index (χ1v) is 10.3. The predicted octanol–water partition coefficient (Wildman–Crippen LogP) is 3.07. The number of rotatable bonds is 4. The minimum absolute atomic E-state index is 0.115. The number of benzene rings is 2. The average molecular weight is 393 g/mol. The van der Waals surface area contributed by atoms with E-state index in [1.54, 1.807) is 18.2 Å². The van der Waals surface area contributed by atoms with Gasteiger partial charge in [0.25, 0.3) is 10.0 Å². The zero-order chi connectivity index (χ0) is 18.1. The summed E-state index contributed by atoms with van der Waals surface area (Å²) in [7, 11) is -3.85. The Morgan fingerprint density at radius 3 is 2.73 bits per heavy atom. The number of hydrogen-bond acceptors (Lipinski definition) is 6. The summed E-state index contributed by atoms with van der Waals surface area (Å²) in [4.78, 5) is 6.65. The SMILES string of the molecule is O=S(=O)(Nc1ccc2nc(N3CCOCC3)sc2c1)c1cccc(F)c1. The number of sulfonamides is 1. The molecular formula is C17H16FN3O3S2. The molecule has 6 nitrogen and oxygen atoms in total. The highest BCUT2D eigenvalue weighted by Crippen LogP contribution is 2.31. The summed E-state index contributed by atoms with van der Waals surface area (Å²) < 4.78 is 46.9. The van der Waals surface area contributed by atoms with Crippen LogP contribution in [0.3, 0.4) is 0 Å². The third kappa shape index (κ3) is 3.50. The third-order valence-electron chi connectivity index (χ3n) is 4.02. The summed E-state index contributed by atoms with van der Waals surface area (Å²) >= 11 is 1.51. The van der Waals surface area contributed by atoms with Crippen molar-refractivity contribution >= 4 is 42.4 Å². The summed E-state index contributed by atoms with van der Waals surface area (Å²) in [5.74, 6) is -0.596. The van der Waals surface area contributed by atoms with E-state index in [1.807, 2.05) is 0 Å². The molecule has 1 aliphatic heterocycles. The highest BCUT2D eigenvalue weighted by atomic mass is 32.2. The number of morpholine rings is 1. The van der Waals surface area contributed by atoms with E-state index in [2.05, 4.69) is 14.6 Å². The van der Waals surface area contributed by atoms with Crippen LogP contribution in [0.4, 0.5) is 15.2 Å². The first kappa shape index (κ1) is 17.2. The Morgan fingerprint density at radius 1 is 1.15 bits per heavy atom. The number of hydrogen-bond donors (Lipinski definition) is 1. The number of nitrogens with zero attached hydrogens (tertiary/aromatic N) is 2. The van der Waals surface area contributed by atoms with Crippen LogP contribution < -0.4 is 9.62 Å². The van der Waals surface area contributed by atoms with Gasteiger partial charge in [0.2, 0.25) is 0 Å². The number of aromatic nitrogens is 1. The molecule has 1 saturated heterocycles. The second-order valence-electron chi connectivity index (χ2n) is 5.84. The van der Waals surface area contributed by atoms with Crippen LogP contribution in [0, 0.1) is 5.82 Å². The van der Waals surface area contributed by atoms with Crippen LogP contribution in [0.1, 0.15) is 0 Å². The third-order valence-corrected chi connectivity index (χ3v) is 6.48. The molecule has 1 N–H and O–H groups in total. The number of halogens is 1.